The maximum Gasteiger partial charge on any atom is 0.313 e. The minimum atomic E-state index is -0.707. The van der Waals surface area contributed by atoms with Gasteiger partial charge in [0.15, 0.2) is 0 Å². The number of hydrogen-bond acceptors (Lipinski definition) is 3. The first-order valence-electron chi connectivity index (χ1n) is 6.56. The van der Waals surface area contributed by atoms with Gasteiger partial charge < -0.3 is 15.4 Å². The Kier molecular flexibility index (Phi) is 5.55. The number of ether oxygens (including phenoxy) is 1. The van der Waals surface area contributed by atoms with Gasteiger partial charge in [0.1, 0.15) is 5.75 Å². The maximum absolute atomic E-state index is 11.8. The fraction of sp³-hybridized carbons (Fsp3) is 0.125. The van der Waals surface area contributed by atoms with E-state index in [2.05, 4.69) is 26.6 Å². The smallest absolute Gasteiger partial charge is 0.313 e. The van der Waals surface area contributed by atoms with E-state index in [1.807, 2.05) is 24.3 Å². The van der Waals surface area contributed by atoms with E-state index in [0.29, 0.717) is 11.4 Å². The van der Waals surface area contributed by atoms with Crippen LogP contribution in [0.15, 0.2) is 53.0 Å². The molecule has 0 radical (unpaired) electrons. The van der Waals surface area contributed by atoms with Gasteiger partial charge in [-0.2, -0.15) is 0 Å². The van der Waals surface area contributed by atoms with E-state index >= 15 is 0 Å². The Labute approximate surface area is 136 Å². The van der Waals surface area contributed by atoms with Crippen molar-refractivity contribution in [2.75, 3.05) is 12.4 Å². The zero-order chi connectivity index (χ0) is 15.9. The van der Waals surface area contributed by atoms with Gasteiger partial charge in [0.05, 0.1) is 7.11 Å². The number of carbonyl (C=O) groups is 2. The van der Waals surface area contributed by atoms with E-state index in [1.165, 1.54) is 0 Å². The highest BCUT2D eigenvalue weighted by Crippen LogP contribution is 2.15. The summed E-state index contributed by atoms with van der Waals surface area (Å²) < 4.78 is 5.92. The zero-order valence-corrected chi connectivity index (χ0v) is 13.5. The number of rotatable bonds is 4. The van der Waals surface area contributed by atoms with Crippen molar-refractivity contribution in [1.82, 2.24) is 5.32 Å². The van der Waals surface area contributed by atoms with E-state index in [1.54, 1.807) is 31.4 Å². The van der Waals surface area contributed by atoms with Gasteiger partial charge in [-0.05, 0) is 35.9 Å². The summed E-state index contributed by atoms with van der Waals surface area (Å²) in [5.74, 6) is -0.700. The lowest BCUT2D eigenvalue weighted by molar-refractivity contribution is -0.136. The molecule has 0 aromatic heterocycles. The van der Waals surface area contributed by atoms with Crippen molar-refractivity contribution < 1.29 is 14.3 Å². The molecule has 6 heteroatoms. The molecule has 5 nitrogen and oxygen atoms in total. The molecule has 0 aliphatic carbocycles. The van der Waals surface area contributed by atoms with Crippen LogP contribution in [0.4, 0.5) is 5.69 Å². The van der Waals surface area contributed by atoms with Crippen LogP contribution in [0.2, 0.25) is 0 Å². The molecule has 0 heterocycles. The standard InChI is InChI=1S/C16H15BrN2O3/c1-22-14-7-2-4-11(8-14)10-18-15(20)16(21)19-13-6-3-5-12(17)9-13/h2-9H,10H2,1H3,(H,18,20)(H,19,21). The van der Waals surface area contributed by atoms with E-state index < -0.39 is 11.8 Å². The van der Waals surface area contributed by atoms with Crippen LogP contribution in [0.25, 0.3) is 0 Å². The minimum Gasteiger partial charge on any atom is -0.497 e. The second kappa shape index (κ2) is 7.61. The summed E-state index contributed by atoms with van der Waals surface area (Å²) in [7, 11) is 1.57. The molecule has 22 heavy (non-hydrogen) atoms. The zero-order valence-electron chi connectivity index (χ0n) is 11.9. The van der Waals surface area contributed by atoms with E-state index in [9.17, 15) is 9.59 Å². The molecule has 0 bridgehead atoms. The average molecular weight is 363 g/mol. The number of hydrogen-bond donors (Lipinski definition) is 2. The normalized spacial score (nSPS) is 9.91. The highest BCUT2D eigenvalue weighted by Gasteiger charge is 2.13. The molecule has 114 valence electrons. The van der Waals surface area contributed by atoms with Gasteiger partial charge in [-0.1, -0.05) is 34.1 Å². The Balaban J connectivity index is 1.90. The molecule has 0 unspecified atom stereocenters. The second-order valence-electron chi connectivity index (χ2n) is 4.50. The summed E-state index contributed by atoms with van der Waals surface area (Å²) in [6.07, 6.45) is 0. The average Bonchev–Trinajstić information content (AvgIpc) is 2.52. The lowest BCUT2D eigenvalue weighted by Gasteiger charge is -2.08. The maximum atomic E-state index is 11.8. The third-order valence-corrected chi connectivity index (χ3v) is 3.37. The predicted octanol–water partition coefficient (Wildman–Crippen LogP) is 2.71. The van der Waals surface area contributed by atoms with Gasteiger partial charge in [-0.3, -0.25) is 9.59 Å². The van der Waals surface area contributed by atoms with Crippen LogP contribution in [0.1, 0.15) is 5.56 Å². The summed E-state index contributed by atoms with van der Waals surface area (Å²) in [4.78, 5) is 23.6. The number of anilines is 1. The van der Waals surface area contributed by atoms with Gasteiger partial charge >= 0.3 is 11.8 Å². The molecule has 0 saturated heterocycles. The van der Waals surface area contributed by atoms with Crippen LogP contribution in [0.5, 0.6) is 5.75 Å². The Bertz CT molecular complexity index is 689. The quantitative estimate of drug-likeness (QED) is 0.821. The van der Waals surface area contributed by atoms with Crippen molar-refractivity contribution in [3.8, 4) is 5.75 Å². The summed E-state index contributed by atoms with van der Waals surface area (Å²) in [5.41, 5.74) is 1.40. The summed E-state index contributed by atoms with van der Waals surface area (Å²) in [6, 6.07) is 14.3. The number of halogens is 1. The Morgan fingerprint density at radius 1 is 1.09 bits per heavy atom. The number of carbonyl (C=O) groups excluding carboxylic acids is 2. The molecular formula is C16H15BrN2O3. The SMILES string of the molecule is COc1cccc(CNC(=O)C(=O)Nc2cccc(Br)c2)c1. The third-order valence-electron chi connectivity index (χ3n) is 2.88. The molecule has 2 amide bonds. The van der Waals surface area contributed by atoms with Crippen molar-refractivity contribution in [3.05, 3.63) is 58.6 Å². The van der Waals surface area contributed by atoms with Crippen molar-refractivity contribution >= 4 is 33.4 Å². The largest absolute Gasteiger partial charge is 0.497 e. The van der Waals surface area contributed by atoms with Crippen LogP contribution in [-0.4, -0.2) is 18.9 Å². The van der Waals surface area contributed by atoms with Gasteiger partial charge in [0.2, 0.25) is 0 Å². The van der Waals surface area contributed by atoms with Crippen LogP contribution in [0, 0.1) is 0 Å². The first-order chi connectivity index (χ1) is 10.6. The number of nitrogens with one attached hydrogen (secondary N) is 2. The lowest BCUT2D eigenvalue weighted by atomic mass is 10.2. The third kappa shape index (κ3) is 4.60. The summed E-state index contributed by atoms with van der Waals surface area (Å²) in [6.45, 7) is 0.252. The minimum absolute atomic E-state index is 0.252. The molecule has 0 aliphatic rings. The Morgan fingerprint density at radius 2 is 1.86 bits per heavy atom. The van der Waals surface area contributed by atoms with Crippen LogP contribution < -0.4 is 15.4 Å². The monoisotopic (exact) mass is 362 g/mol. The highest BCUT2D eigenvalue weighted by molar-refractivity contribution is 9.10. The Morgan fingerprint density at radius 3 is 2.59 bits per heavy atom. The van der Waals surface area contributed by atoms with Gasteiger partial charge in [-0.25, -0.2) is 0 Å². The van der Waals surface area contributed by atoms with Crippen molar-refractivity contribution in [2.24, 2.45) is 0 Å². The van der Waals surface area contributed by atoms with Crippen molar-refractivity contribution in [2.45, 2.75) is 6.54 Å². The molecule has 0 aliphatic heterocycles. The second-order valence-corrected chi connectivity index (χ2v) is 5.41. The molecule has 2 aromatic rings. The topological polar surface area (TPSA) is 67.4 Å². The summed E-state index contributed by atoms with van der Waals surface area (Å²) >= 11 is 3.30. The summed E-state index contributed by atoms with van der Waals surface area (Å²) in [5, 5.41) is 5.10. The highest BCUT2D eigenvalue weighted by atomic mass is 79.9. The molecule has 0 atom stereocenters. The van der Waals surface area contributed by atoms with E-state index in [0.717, 1.165) is 10.0 Å². The van der Waals surface area contributed by atoms with E-state index in [4.69, 9.17) is 4.74 Å². The van der Waals surface area contributed by atoms with E-state index in [-0.39, 0.29) is 6.54 Å². The van der Waals surface area contributed by atoms with Gasteiger partial charge in [-0.15, -0.1) is 0 Å². The Hall–Kier alpha value is -2.34. The first-order valence-corrected chi connectivity index (χ1v) is 7.35. The number of amides is 2. The predicted molar refractivity (Wildman–Crippen MR) is 87.6 cm³/mol. The number of methoxy groups -OCH3 is 1. The van der Waals surface area contributed by atoms with Crippen LogP contribution in [-0.2, 0) is 16.1 Å². The fourth-order valence-electron chi connectivity index (χ4n) is 1.80. The van der Waals surface area contributed by atoms with Gasteiger partial charge in [0.25, 0.3) is 0 Å². The van der Waals surface area contributed by atoms with Crippen LogP contribution >= 0.6 is 15.9 Å². The molecule has 2 N–H and O–H groups in total. The molecule has 0 spiro atoms. The fourth-order valence-corrected chi connectivity index (χ4v) is 2.20. The van der Waals surface area contributed by atoms with Crippen molar-refractivity contribution in [3.63, 3.8) is 0 Å². The van der Waals surface area contributed by atoms with Crippen LogP contribution in [0.3, 0.4) is 0 Å². The molecule has 2 rings (SSSR count). The number of benzene rings is 2. The first kappa shape index (κ1) is 16.0. The lowest BCUT2D eigenvalue weighted by Crippen LogP contribution is -2.34. The molecular weight excluding hydrogens is 348 g/mol. The van der Waals surface area contributed by atoms with Crippen molar-refractivity contribution in [1.29, 1.82) is 0 Å². The molecule has 0 saturated carbocycles. The van der Waals surface area contributed by atoms with Gasteiger partial charge in [0, 0.05) is 16.7 Å². The molecule has 0 fully saturated rings. The molecule has 2 aromatic carbocycles.